The molecule has 0 unspecified atom stereocenters. The molecule has 0 rings (SSSR count). The number of carbonyl (C=O) groups excluding carboxylic acids is 2. The minimum Gasteiger partial charge on any atom is -0.466 e. The quantitative estimate of drug-likeness (QED) is 0.0477. The molecule has 0 aliphatic rings. The molecule has 0 saturated carbocycles. The molecule has 0 aromatic heterocycles. The molecular weight excluding hydrogens is 592 g/mol. The van der Waals surface area contributed by atoms with Crippen LogP contribution in [0.3, 0.4) is 0 Å². The van der Waals surface area contributed by atoms with Crippen LogP contribution in [0, 0.1) is 0 Å². The van der Waals surface area contributed by atoms with Crippen molar-refractivity contribution in [3.63, 3.8) is 0 Å². The van der Waals surface area contributed by atoms with Crippen molar-refractivity contribution in [2.24, 2.45) is 0 Å². The lowest BCUT2D eigenvalue weighted by molar-refractivity contribution is -0.146. The van der Waals surface area contributed by atoms with Gasteiger partial charge in [-0.3, -0.25) is 9.59 Å². The molecule has 0 aliphatic heterocycles. The normalized spacial score (nSPS) is 11.3. The van der Waals surface area contributed by atoms with Crippen molar-refractivity contribution in [1.82, 2.24) is 0 Å². The maximum absolute atomic E-state index is 12.0. The molecule has 4 heteroatoms. The third-order valence-corrected chi connectivity index (χ3v) is 10.0. The summed E-state index contributed by atoms with van der Waals surface area (Å²) in [5, 5.41) is 0. The first-order valence-corrected chi connectivity index (χ1v) is 22.0. The zero-order valence-electron chi connectivity index (χ0n) is 32.9. The maximum Gasteiger partial charge on any atom is 0.305 e. The smallest absolute Gasteiger partial charge is 0.305 e. The SMILES string of the molecule is CCCCCCCCCCCCCCCCCCCC(=O)OCCCCOC(=O)CCCCCCCCCCCCCCCCCCC. The minimum atomic E-state index is -0.0771. The van der Waals surface area contributed by atoms with Gasteiger partial charge in [-0.25, -0.2) is 0 Å². The van der Waals surface area contributed by atoms with Crippen molar-refractivity contribution in [1.29, 1.82) is 0 Å². The number of rotatable bonds is 41. The van der Waals surface area contributed by atoms with Gasteiger partial charge in [-0.05, 0) is 25.7 Å². The molecule has 48 heavy (non-hydrogen) atoms. The molecule has 0 aromatic rings. The van der Waals surface area contributed by atoms with Crippen LogP contribution in [-0.4, -0.2) is 25.2 Å². The van der Waals surface area contributed by atoms with E-state index in [-0.39, 0.29) is 11.9 Å². The Hall–Kier alpha value is -1.06. The van der Waals surface area contributed by atoms with Gasteiger partial charge in [-0.15, -0.1) is 0 Å². The second-order valence-corrected chi connectivity index (χ2v) is 15.0. The lowest BCUT2D eigenvalue weighted by atomic mass is 10.0. The summed E-state index contributed by atoms with van der Waals surface area (Å²) in [6.07, 6.45) is 48.4. The molecule has 0 spiro atoms. The van der Waals surface area contributed by atoms with Gasteiger partial charge < -0.3 is 9.47 Å². The van der Waals surface area contributed by atoms with E-state index in [1.807, 2.05) is 0 Å². The molecular formula is C44H86O4. The third kappa shape index (κ3) is 41.1. The predicted octanol–water partition coefficient (Wildman–Crippen LogP) is 14.9. The Morgan fingerprint density at radius 1 is 0.271 bits per heavy atom. The molecule has 4 nitrogen and oxygen atoms in total. The highest BCUT2D eigenvalue weighted by molar-refractivity contribution is 5.69. The zero-order chi connectivity index (χ0) is 34.9. The van der Waals surface area contributed by atoms with E-state index in [9.17, 15) is 9.59 Å². The van der Waals surface area contributed by atoms with Gasteiger partial charge >= 0.3 is 11.9 Å². The van der Waals surface area contributed by atoms with Gasteiger partial charge in [-0.1, -0.05) is 219 Å². The van der Waals surface area contributed by atoms with Crippen molar-refractivity contribution >= 4 is 11.9 Å². The van der Waals surface area contributed by atoms with Crippen LogP contribution in [0.15, 0.2) is 0 Å². The summed E-state index contributed by atoms with van der Waals surface area (Å²) in [5.74, 6) is -0.154. The minimum absolute atomic E-state index is 0.0771. The van der Waals surface area contributed by atoms with Crippen LogP contribution in [0.2, 0.25) is 0 Å². The molecule has 0 bridgehead atoms. The van der Waals surface area contributed by atoms with Crippen LogP contribution >= 0.6 is 0 Å². The summed E-state index contributed by atoms with van der Waals surface area (Å²) < 4.78 is 10.7. The molecule has 0 saturated heterocycles. The predicted molar refractivity (Wildman–Crippen MR) is 209 cm³/mol. The van der Waals surface area contributed by atoms with Crippen LogP contribution in [0.25, 0.3) is 0 Å². The van der Waals surface area contributed by atoms with E-state index in [0.29, 0.717) is 26.1 Å². The molecule has 0 aliphatic carbocycles. The number of hydrogen-bond acceptors (Lipinski definition) is 4. The van der Waals surface area contributed by atoms with Crippen molar-refractivity contribution < 1.29 is 19.1 Å². The van der Waals surface area contributed by atoms with E-state index in [0.717, 1.165) is 38.5 Å². The monoisotopic (exact) mass is 679 g/mol. The fraction of sp³-hybridized carbons (Fsp3) is 0.955. The second kappa shape index (κ2) is 42.1. The lowest BCUT2D eigenvalue weighted by Crippen LogP contribution is -2.08. The number of ether oxygens (including phenoxy) is 2. The summed E-state index contributed by atoms with van der Waals surface area (Å²) in [7, 11) is 0. The van der Waals surface area contributed by atoms with Crippen molar-refractivity contribution in [2.75, 3.05) is 13.2 Å². The lowest BCUT2D eigenvalue weighted by Gasteiger charge is -2.07. The Bertz CT molecular complexity index is 579. The maximum atomic E-state index is 12.0. The van der Waals surface area contributed by atoms with Gasteiger partial charge in [0.1, 0.15) is 0 Å². The molecule has 0 atom stereocenters. The summed E-state index contributed by atoms with van der Waals surface area (Å²) in [4.78, 5) is 23.9. The number of hydrogen-bond donors (Lipinski definition) is 0. The first-order valence-electron chi connectivity index (χ1n) is 22.0. The number of unbranched alkanes of at least 4 members (excludes halogenated alkanes) is 33. The van der Waals surface area contributed by atoms with Crippen LogP contribution < -0.4 is 0 Å². The first kappa shape index (κ1) is 46.9. The zero-order valence-corrected chi connectivity index (χ0v) is 32.9. The summed E-state index contributed by atoms with van der Waals surface area (Å²) in [5.41, 5.74) is 0. The van der Waals surface area contributed by atoms with Crippen LogP contribution in [0.5, 0.6) is 0 Å². The Labute approximate surface area is 301 Å². The highest BCUT2D eigenvalue weighted by Gasteiger charge is 2.05. The highest BCUT2D eigenvalue weighted by Crippen LogP contribution is 2.16. The second-order valence-electron chi connectivity index (χ2n) is 15.0. The Morgan fingerprint density at radius 2 is 0.458 bits per heavy atom. The summed E-state index contributed by atoms with van der Waals surface area (Å²) in [6, 6.07) is 0. The van der Waals surface area contributed by atoms with Crippen molar-refractivity contribution in [3.8, 4) is 0 Å². The van der Waals surface area contributed by atoms with Gasteiger partial charge in [0, 0.05) is 12.8 Å². The standard InChI is InChI=1S/C44H86O4/c1-3-5-7-9-11-13-15-17-19-21-23-25-27-29-31-33-35-39-43(45)47-41-37-38-42-48-44(46)40-36-34-32-30-28-26-24-22-20-18-16-14-12-10-8-6-4-2/h3-42H2,1-2H3. The van der Waals surface area contributed by atoms with Gasteiger partial charge in [0.05, 0.1) is 13.2 Å². The van der Waals surface area contributed by atoms with E-state index >= 15 is 0 Å². The molecule has 286 valence electrons. The van der Waals surface area contributed by atoms with Crippen molar-refractivity contribution in [3.05, 3.63) is 0 Å². The molecule has 0 heterocycles. The van der Waals surface area contributed by atoms with Gasteiger partial charge in [0.25, 0.3) is 0 Å². The van der Waals surface area contributed by atoms with Crippen molar-refractivity contribution in [2.45, 2.75) is 258 Å². The average Bonchev–Trinajstić information content (AvgIpc) is 3.09. The Kier molecular flexibility index (Phi) is 41.2. The Morgan fingerprint density at radius 3 is 0.667 bits per heavy atom. The number of carbonyl (C=O) groups is 2. The van der Waals surface area contributed by atoms with Crippen LogP contribution in [0.4, 0.5) is 0 Å². The number of esters is 2. The molecule has 0 aromatic carbocycles. The van der Waals surface area contributed by atoms with E-state index in [1.54, 1.807) is 0 Å². The van der Waals surface area contributed by atoms with E-state index in [4.69, 9.17) is 9.47 Å². The summed E-state index contributed by atoms with van der Waals surface area (Å²) in [6.45, 7) is 5.45. The Balaban J connectivity index is 3.24. The third-order valence-electron chi connectivity index (χ3n) is 10.0. The van der Waals surface area contributed by atoms with E-state index in [2.05, 4.69) is 13.8 Å². The largest absolute Gasteiger partial charge is 0.466 e. The first-order chi connectivity index (χ1) is 23.7. The summed E-state index contributed by atoms with van der Waals surface area (Å²) >= 11 is 0. The molecule has 0 amide bonds. The van der Waals surface area contributed by atoms with E-state index in [1.165, 1.54) is 193 Å². The van der Waals surface area contributed by atoms with Gasteiger partial charge in [0.2, 0.25) is 0 Å². The van der Waals surface area contributed by atoms with E-state index < -0.39 is 0 Å². The van der Waals surface area contributed by atoms with Crippen LogP contribution in [0.1, 0.15) is 258 Å². The molecule has 0 fully saturated rings. The fourth-order valence-corrected chi connectivity index (χ4v) is 6.71. The topological polar surface area (TPSA) is 52.6 Å². The average molecular weight is 679 g/mol. The van der Waals surface area contributed by atoms with Gasteiger partial charge in [0.15, 0.2) is 0 Å². The van der Waals surface area contributed by atoms with Crippen LogP contribution in [-0.2, 0) is 19.1 Å². The molecule has 0 N–H and O–H groups in total. The molecule has 0 radical (unpaired) electrons. The highest BCUT2D eigenvalue weighted by atomic mass is 16.5. The fourth-order valence-electron chi connectivity index (χ4n) is 6.71. The van der Waals surface area contributed by atoms with Gasteiger partial charge in [-0.2, -0.15) is 0 Å².